The smallest absolute Gasteiger partial charge is 0.414 e. The van der Waals surface area contributed by atoms with E-state index in [9.17, 15) is 14.8 Å². The van der Waals surface area contributed by atoms with Gasteiger partial charge in [0.15, 0.2) is 23.9 Å². The SMILES string of the molecule is COc1ccc(C(Cc2c(Cl)c[n+]([O-])cc2Cl)OC(=O)c2ccc(CN(C(=O)O[C@H]3CN4CCC3CC4)c3cccc(C)c3)cc2)cc1OC.O=CO. The van der Waals surface area contributed by atoms with E-state index in [4.69, 9.17) is 52.1 Å². The van der Waals surface area contributed by atoms with Crippen LogP contribution in [0.25, 0.3) is 0 Å². The third-order valence-electron chi connectivity index (χ3n) is 9.39. The molecule has 3 aliphatic rings. The Bertz CT molecular complexity index is 1880. The number of rotatable bonds is 11. The summed E-state index contributed by atoms with van der Waals surface area (Å²) < 4.78 is 23.6. The Morgan fingerprint density at radius 1 is 1.00 bits per heavy atom. The summed E-state index contributed by atoms with van der Waals surface area (Å²) in [5.41, 5.74) is 3.92. The number of aromatic nitrogens is 1. The van der Waals surface area contributed by atoms with Crippen LogP contribution in [0.5, 0.6) is 11.5 Å². The molecule has 1 N–H and O–H groups in total. The topological polar surface area (TPSA) is 142 Å². The number of ether oxygens (including phenoxy) is 4. The Balaban J connectivity index is 0.00000175. The number of halogens is 2. The Morgan fingerprint density at radius 2 is 1.66 bits per heavy atom. The number of fused-ring (bicyclic) bond motifs is 3. The van der Waals surface area contributed by atoms with Crippen molar-refractivity contribution in [2.24, 2.45) is 5.92 Å². The van der Waals surface area contributed by atoms with Gasteiger partial charge in [-0.1, -0.05) is 53.5 Å². The summed E-state index contributed by atoms with van der Waals surface area (Å²) in [6.07, 6.45) is 3.19. The summed E-state index contributed by atoms with van der Waals surface area (Å²) in [7, 11) is 3.04. The van der Waals surface area contributed by atoms with Gasteiger partial charge in [-0.3, -0.25) is 14.6 Å². The minimum atomic E-state index is -0.850. The predicted molar refractivity (Wildman–Crippen MR) is 199 cm³/mol. The first-order valence-corrected chi connectivity index (χ1v) is 17.7. The summed E-state index contributed by atoms with van der Waals surface area (Å²) >= 11 is 12.8. The molecular formula is C39H41Cl2N3O9. The lowest BCUT2D eigenvalue weighted by Crippen LogP contribution is -2.53. The number of methoxy groups -OCH3 is 2. The number of amides is 1. The van der Waals surface area contributed by atoms with Crippen LogP contribution in [0.2, 0.25) is 10.0 Å². The van der Waals surface area contributed by atoms with Crippen molar-refractivity contribution in [3.8, 4) is 11.5 Å². The molecule has 0 aliphatic carbocycles. The number of esters is 1. The van der Waals surface area contributed by atoms with Gasteiger partial charge in [0.25, 0.3) is 6.47 Å². The summed E-state index contributed by atoms with van der Waals surface area (Å²) in [6, 6.07) is 19.9. The molecule has 2 atom stereocenters. The number of hydrogen-bond acceptors (Lipinski definition) is 9. The van der Waals surface area contributed by atoms with E-state index >= 15 is 0 Å². The molecule has 1 aromatic heterocycles. The Labute approximate surface area is 317 Å². The molecule has 2 bridgehead atoms. The number of carboxylic acid groups (broad SMARTS) is 1. The molecule has 280 valence electrons. The summed E-state index contributed by atoms with van der Waals surface area (Å²) in [4.78, 5) is 39.7. The van der Waals surface area contributed by atoms with E-state index < -0.39 is 18.2 Å². The van der Waals surface area contributed by atoms with Crippen LogP contribution in [0.1, 0.15) is 51.6 Å². The highest BCUT2D eigenvalue weighted by Gasteiger charge is 2.37. The molecule has 0 radical (unpaired) electrons. The summed E-state index contributed by atoms with van der Waals surface area (Å²) in [5.74, 6) is 0.750. The van der Waals surface area contributed by atoms with E-state index in [1.165, 1.54) is 26.6 Å². The van der Waals surface area contributed by atoms with E-state index in [0.717, 1.165) is 49.3 Å². The maximum absolute atomic E-state index is 13.7. The molecule has 7 rings (SSSR count). The molecule has 0 saturated carbocycles. The van der Waals surface area contributed by atoms with Crippen molar-refractivity contribution in [3.05, 3.63) is 122 Å². The van der Waals surface area contributed by atoms with Gasteiger partial charge in [0, 0.05) is 24.2 Å². The van der Waals surface area contributed by atoms with Crippen molar-refractivity contribution >= 4 is 47.4 Å². The molecule has 4 heterocycles. The monoisotopic (exact) mass is 765 g/mol. The molecule has 3 saturated heterocycles. The molecule has 1 amide bonds. The third kappa shape index (κ3) is 9.89. The van der Waals surface area contributed by atoms with Gasteiger partial charge >= 0.3 is 12.1 Å². The van der Waals surface area contributed by atoms with Crippen LogP contribution in [-0.4, -0.2) is 68.5 Å². The second-order valence-electron chi connectivity index (χ2n) is 12.8. The zero-order valence-corrected chi connectivity index (χ0v) is 31.1. The Kier molecular flexibility index (Phi) is 13.4. The molecular weight excluding hydrogens is 725 g/mol. The Hall–Kier alpha value is -5.04. The molecule has 3 aliphatic heterocycles. The number of aryl methyl sites for hydroxylation is 1. The number of nitrogens with zero attached hydrogens (tertiary/aromatic N) is 3. The molecule has 12 nitrogen and oxygen atoms in total. The quantitative estimate of drug-likeness (QED) is 0.0732. The number of benzene rings is 3. The predicted octanol–water partition coefficient (Wildman–Crippen LogP) is 7.03. The zero-order chi connectivity index (χ0) is 38.1. The molecule has 3 aromatic carbocycles. The van der Waals surface area contributed by atoms with E-state index in [0.29, 0.717) is 38.8 Å². The van der Waals surface area contributed by atoms with Crippen LogP contribution in [-0.2, 0) is 27.2 Å². The maximum atomic E-state index is 13.7. The van der Waals surface area contributed by atoms with Gasteiger partial charge in [-0.15, -0.1) is 0 Å². The largest absolute Gasteiger partial charge is 0.619 e. The first-order valence-electron chi connectivity index (χ1n) is 17.0. The second kappa shape index (κ2) is 18.1. The van der Waals surface area contributed by atoms with Crippen LogP contribution in [0, 0.1) is 18.0 Å². The standard InChI is InChI=1S/C38H39Cl2N3O7.CH2O2/c1-24-5-4-6-29(17-24)43(38(45)50-36-23-41-15-13-26(36)14-16-41)20-25-7-9-27(10-8-25)37(44)49-34(19-30-31(39)21-42(46)22-32(30)40)28-11-12-33(47-2)35(18-28)48-3;2-1-3/h4-12,17-18,21-22,26,34,36H,13-16,19-20,23H2,1-3H3;1H,(H,2,3)/t34?,36-;/m0./s1. The molecule has 3 fully saturated rings. The number of pyridine rings is 1. The van der Waals surface area contributed by atoms with Gasteiger partial charge in [0.2, 0.25) is 0 Å². The number of carbonyl (C=O) groups excluding carboxylic acids is 2. The van der Waals surface area contributed by atoms with Crippen molar-refractivity contribution in [2.45, 2.75) is 44.9 Å². The normalized spacial score (nSPS) is 17.8. The van der Waals surface area contributed by atoms with Gasteiger partial charge in [0.05, 0.1) is 26.3 Å². The Morgan fingerprint density at radius 3 is 2.25 bits per heavy atom. The zero-order valence-electron chi connectivity index (χ0n) is 29.6. The minimum absolute atomic E-state index is 0.0883. The number of carbonyl (C=O) groups is 3. The van der Waals surface area contributed by atoms with Crippen LogP contribution in [0.15, 0.2) is 79.1 Å². The van der Waals surface area contributed by atoms with Crippen LogP contribution in [0.3, 0.4) is 0 Å². The van der Waals surface area contributed by atoms with Crippen molar-refractivity contribution in [1.29, 1.82) is 0 Å². The minimum Gasteiger partial charge on any atom is -0.619 e. The number of piperidine rings is 3. The highest BCUT2D eigenvalue weighted by molar-refractivity contribution is 6.35. The first kappa shape index (κ1) is 39.2. The average Bonchev–Trinajstić information content (AvgIpc) is 3.15. The highest BCUT2D eigenvalue weighted by atomic mass is 35.5. The number of hydrogen-bond donors (Lipinski definition) is 1. The second-order valence-corrected chi connectivity index (χ2v) is 13.6. The molecule has 14 heteroatoms. The molecule has 53 heavy (non-hydrogen) atoms. The van der Waals surface area contributed by atoms with Gasteiger partial charge in [-0.2, -0.15) is 4.73 Å². The summed E-state index contributed by atoms with van der Waals surface area (Å²) in [6.45, 7) is 4.85. The molecule has 1 unspecified atom stereocenters. The lowest BCUT2D eigenvalue weighted by atomic mass is 9.86. The van der Waals surface area contributed by atoms with E-state index in [-0.39, 0.29) is 35.6 Å². The van der Waals surface area contributed by atoms with Gasteiger partial charge < -0.3 is 29.3 Å². The third-order valence-corrected chi connectivity index (χ3v) is 10.0. The van der Waals surface area contributed by atoms with Gasteiger partial charge in [-0.25, -0.2) is 9.59 Å². The van der Waals surface area contributed by atoms with Gasteiger partial charge in [-0.05, 0) is 91.9 Å². The lowest BCUT2D eigenvalue weighted by molar-refractivity contribution is -0.605. The number of anilines is 1. The van der Waals surface area contributed by atoms with Crippen molar-refractivity contribution < 1.29 is 43.2 Å². The maximum Gasteiger partial charge on any atom is 0.414 e. The fraction of sp³-hybridized carbons (Fsp3) is 0.333. The summed E-state index contributed by atoms with van der Waals surface area (Å²) in [5, 5.41) is 19.1. The first-order chi connectivity index (χ1) is 25.5. The van der Waals surface area contributed by atoms with Crippen molar-refractivity contribution in [3.63, 3.8) is 0 Å². The fourth-order valence-electron chi connectivity index (χ4n) is 6.61. The van der Waals surface area contributed by atoms with Crippen molar-refractivity contribution in [2.75, 3.05) is 38.8 Å². The fourth-order valence-corrected chi connectivity index (χ4v) is 7.21. The molecule has 4 aromatic rings. The van der Waals surface area contributed by atoms with Crippen LogP contribution in [0.4, 0.5) is 10.5 Å². The van der Waals surface area contributed by atoms with Crippen LogP contribution < -0.4 is 19.1 Å². The molecule has 0 spiro atoms. The van der Waals surface area contributed by atoms with Crippen molar-refractivity contribution in [1.82, 2.24) is 4.90 Å². The highest BCUT2D eigenvalue weighted by Crippen LogP contribution is 2.36. The van der Waals surface area contributed by atoms with E-state index in [1.54, 1.807) is 47.4 Å². The average molecular weight is 767 g/mol. The van der Waals surface area contributed by atoms with E-state index in [1.807, 2.05) is 31.2 Å². The van der Waals surface area contributed by atoms with Gasteiger partial charge in [0.1, 0.15) is 22.3 Å². The van der Waals surface area contributed by atoms with Crippen LogP contribution >= 0.6 is 23.2 Å². The lowest BCUT2D eigenvalue weighted by Gasteiger charge is -2.44. The van der Waals surface area contributed by atoms with E-state index in [2.05, 4.69) is 4.90 Å².